The van der Waals surface area contributed by atoms with Gasteiger partial charge < -0.3 is 5.73 Å². The highest BCUT2D eigenvalue weighted by Gasteiger charge is 2.32. The normalized spacial score (nSPS) is 13.2. The van der Waals surface area contributed by atoms with Crippen LogP contribution in [-0.4, -0.2) is 0 Å². The van der Waals surface area contributed by atoms with E-state index in [1.807, 2.05) is 13.8 Å². The minimum atomic E-state index is -2.76. The second-order valence-electron chi connectivity index (χ2n) is 5.60. The van der Waals surface area contributed by atoms with Crippen molar-refractivity contribution >= 4 is 0 Å². The highest BCUT2D eigenvalue weighted by molar-refractivity contribution is 5.29. The van der Waals surface area contributed by atoms with E-state index in [1.165, 1.54) is 12.1 Å². The molecule has 0 unspecified atom stereocenters. The Hall–Kier alpha value is -0.960. The van der Waals surface area contributed by atoms with Crippen molar-refractivity contribution in [3.63, 3.8) is 0 Å². The van der Waals surface area contributed by atoms with Crippen molar-refractivity contribution in [2.24, 2.45) is 11.7 Å². The molecule has 1 aromatic carbocycles. The molecule has 0 saturated carbocycles. The lowest BCUT2D eigenvalue weighted by atomic mass is 9.92. The topological polar surface area (TPSA) is 26.0 Å². The average molecular weight is 241 g/mol. The molecule has 3 heteroatoms. The molecule has 0 saturated heterocycles. The van der Waals surface area contributed by atoms with Gasteiger partial charge in [-0.3, -0.25) is 0 Å². The molecule has 0 amide bonds. The summed E-state index contributed by atoms with van der Waals surface area (Å²) in [6.07, 6.45) is -0.127. The minimum absolute atomic E-state index is 0.0318. The molecule has 96 valence electrons. The lowest BCUT2D eigenvalue weighted by molar-refractivity contribution is -0.0249. The summed E-state index contributed by atoms with van der Waals surface area (Å²) in [5.41, 5.74) is 6.35. The number of alkyl halides is 2. The Labute approximate surface area is 102 Å². The molecule has 1 nitrogen and oxygen atoms in total. The number of benzene rings is 1. The van der Waals surface area contributed by atoms with Gasteiger partial charge in [-0.1, -0.05) is 38.1 Å². The Morgan fingerprint density at radius 2 is 1.47 bits per heavy atom. The van der Waals surface area contributed by atoms with Gasteiger partial charge in [0.05, 0.1) is 0 Å². The van der Waals surface area contributed by atoms with E-state index < -0.39 is 11.5 Å². The van der Waals surface area contributed by atoms with Crippen molar-refractivity contribution in [3.8, 4) is 0 Å². The van der Waals surface area contributed by atoms with E-state index in [9.17, 15) is 8.78 Å². The quantitative estimate of drug-likeness (QED) is 0.846. The summed E-state index contributed by atoms with van der Waals surface area (Å²) >= 11 is 0. The van der Waals surface area contributed by atoms with Crippen molar-refractivity contribution in [3.05, 3.63) is 35.4 Å². The fourth-order valence-corrected chi connectivity index (χ4v) is 1.77. The van der Waals surface area contributed by atoms with Crippen LogP contribution in [0.25, 0.3) is 0 Å². The van der Waals surface area contributed by atoms with Crippen molar-refractivity contribution in [1.82, 2.24) is 0 Å². The maximum Gasteiger partial charge on any atom is 0.273 e. The van der Waals surface area contributed by atoms with Gasteiger partial charge >= 0.3 is 0 Å². The first-order valence-electron chi connectivity index (χ1n) is 5.90. The monoisotopic (exact) mass is 241 g/mol. The predicted octanol–water partition coefficient (Wildman–Crippen LogP) is 4.02. The molecular formula is C14H21F2N. The number of hydrogen-bond acceptors (Lipinski definition) is 1. The molecule has 0 bridgehead atoms. The molecule has 17 heavy (non-hydrogen) atoms. The number of halogens is 2. The Morgan fingerprint density at radius 1 is 1.06 bits per heavy atom. The fraction of sp³-hybridized carbons (Fsp3) is 0.571. The zero-order valence-corrected chi connectivity index (χ0v) is 10.9. The number of nitrogens with two attached hydrogens (primary N) is 1. The summed E-state index contributed by atoms with van der Waals surface area (Å²) < 4.78 is 27.6. The van der Waals surface area contributed by atoms with Gasteiger partial charge in [-0.25, -0.2) is 8.78 Å². The summed E-state index contributed by atoms with van der Waals surface area (Å²) in [4.78, 5) is 0. The Kier molecular flexibility index (Phi) is 3.92. The molecule has 0 aromatic heterocycles. The van der Waals surface area contributed by atoms with Gasteiger partial charge in [-0.2, -0.15) is 0 Å². The fourth-order valence-electron chi connectivity index (χ4n) is 1.77. The lowest BCUT2D eigenvalue weighted by Crippen LogP contribution is -2.28. The zero-order chi connectivity index (χ0) is 13.3. The van der Waals surface area contributed by atoms with Gasteiger partial charge in [-0.05, 0) is 25.3 Å². The molecule has 0 radical (unpaired) electrons. The van der Waals surface area contributed by atoms with Crippen molar-refractivity contribution in [2.75, 3.05) is 0 Å². The van der Waals surface area contributed by atoms with E-state index in [0.29, 0.717) is 0 Å². The predicted molar refractivity (Wildman–Crippen MR) is 67.0 cm³/mol. The van der Waals surface area contributed by atoms with Crippen LogP contribution in [0.1, 0.15) is 45.2 Å². The molecule has 0 aliphatic carbocycles. The van der Waals surface area contributed by atoms with Crippen LogP contribution in [0.2, 0.25) is 0 Å². The zero-order valence-electron chi connectivity index (χ0n) is 10.9. The van der Waals surface area contributed by atoms with Crippen LogP contribution in [-0.2, 0) is 11.5 Å². The average Bonchev–Trinajstić information content (AvgIpc) is 2.14. The highest BCUT2D eigenvalue weighted by atomic mass is 19.3. The first-order chi connectivity index (χ1) is 7.63. The second kappa shape index (κ2) is 4.73. The van der Waals surface area contributed by atoms with E-state index in [0.717, 1.165) is 5.56 Å². The molecule has 0 spiro atoms. The molecule has 0 atom stereocenters. The molecule has 0 aliphatic rings. The van der Waals surface area contributed by atoms with Gasteiger partial charge in [0.2, 0.25) is 0 Å². The standard InChI is InChI=1S/C14H21F2N/c1-10(2)9-14(15,16)12-7-5-11(6-8-12)13(3,4)17/h5-8,10H,9,17H2,1-4H3. The summed E-state index contributed by atoms with van der Waals surface area (Å²) in [7, 11) is 0. The van der Waals surface area contributed by atoms with Crippen LogP contribution >= 0.6 is 0 Å². The molecule has 0 fully saturated rings. The molecule has 2 N–H and O–H groups in total. The minimum Gasteiger partial charge on any atom is -0.322 e. The van der Waals surface area contributed by atoms with Crippen LogP contribution in [0.4, 0.5) is 8.78 Å². The lowest BCUT2D eigenvalue weighted by Gasteiger charge is -2.22. The van der Waals surface area contributed by atoms with Crippen molar-refractivity contribution in [2.45, 2.75) is 45.6 Å². The van der Waals surface area contributed by atoms with E-state index in [4.69, 9.17) is 5.73 Å². The highest BCUT2D eigenvalue weighted by Crippen LogP contribution is 2.35. The van der Waals surface area contributed by atoms with Gasteiger partial charge in [0, 0.05) is 17.5 Å². The molecule has 0 aliphatic heterocycles. The first kappa shape index (κ1) is 14.1. The first-order valence-corrected chi connectivity index (χ1v) is 5.90. The SMILES string of the molecule is CC(C)CC(F)(F)c1ccc(C(C)(C)N)cc1. The second-order valence-corrected chi connectivity index (χ2v) is 5.60. The van der Waals surface area contributed by atoms with Gasteiger partial charge in [-0.15, -0.1) is 0 Å². The van der Waals surface area contributed by atoms with Crippen LogP contribution in [0.15, 0.2) is 24.3 Å². The van der Waals surface area contributed by atoms with Crippen molar-refractivity contribution < 1.29 is 8.78 Å². The summed E-state index contributed by atoms with van der Waals surface area (Å²) in [5, 5.41) is 0. The van der Waals surface area contributed by atoms with Crippen LogP contribution in [0, 0.1) is 5.92 Å². The molecular weight excluding hydrogens is 220 g/mol. The third kappa shape index (κ3) is 3.77. The summed E-state index contributed by atoms with van der Waals surface area (Å²) in [5.74, 6) is -2.79. The van der Waals surface area contributed by atoms with E-state index in [-0.39, 0.29) is 17.9 Å². The van der Waals surface area contributed by atoms with Gasteiger partial charge in [0.25, 0.3) is 5.92 Å². The summed E-state index contributed by atoms with van der Waals surface area (Å²) in [6.45, 7) is 7.30. The Balaban J connectivity index is 2.94. The third-order valence-electron chi connectivity index (χ3n) is 2.72. The smallest absolute Gasteiger partial charge is 0.273 e. The van der Waals surface area contributed by atoms with Crippen LogP contribution < -0.4 is 5.73 Å². The maximum absolute atomic E-state index is 13.8. The van der Waals surface area contributed by atoms with E-state index in [1.54, 1.807) is 26.0 Å². The summed E-state index contributed by atoms with van der Waals surface area (Å²) in [6, 6.07) is 6.33. The maximum atomic E-state index is 13.8. The van der Waals surface area contributed by atoms with Gasteiger partial charge in [0.1, 0.15) is 0 Å². The number of rotatable bonds is 4. The van der Waals surface area contributed by atoms with E-state index >= 15 is 0 Å². The van der Waals surface area contributed by atoms with Crippen molar-refractivity contribution in [1.29, 1.82) is 0 Å². The van der Waals surface area contributed by atoms with Crippen LogP contribution in [0.3, 0.4) is 0 Å². The number of hydrogen-bond donors (Lipinski definition) is 1. The molecule has 1 aromatic rings. The van der Waals surface area contributed by atoms with E-state index in [2.05, 4.69) is 0 Å². The largest absolute Gasteiger partial charge is 0.322 e. The van der Waals surface area contributed by atoms with Crippen LogP contribution in [0.5, 0.6) is 0 Å². The molecule has 1 rings (SSSR count). The van der Waals surface area contributed by atoms with Gasteiger partial charge in [0.15, 0.2) is 0 Å². The Morgan fingerprint density at radius 3 is 1.82 bits per heavy atom. The Bertz CT molecular complexity index is 361. The molecule has 0 heterocycles. The third-order valence-corrected chi connectivity index (χ3v) is 2.72.